The molecule has 2 N–H and O–H groups in total. The second-order valence-corrected chi connectivity index (χ2v) is 7.05. The average molecular weight is 418 g/mol. The lowest BCUT2D eigenvalue weighted by molar-refractivity contribution is -0.134. The number of ether oxygens (including phenoxy) is 2. The van der Waals surface area contributed by atoms with Crippen molar-refractivity contribution in [2.24, 2.45) is 5.73 Å². The molecule has 0 spiro atoms. The van der Waals surface area contributed by atoms with E-state index in [1.165, 1.54) is 13.2 Å². The van der Waals surface area contributed by atoms with Crippen LogP contribution in [0.25, 0.3) is 0 Å². The summed E-state index contributed by atoms with van der Waals surface area (Å²) in [5.74, 6) is -0.0751. The largest absolute Gasteiger partial charge is 0.497 e. The Balaban J connectivity index is 1.72. The number of benzene rings is 3. The molecule has 0 aliphatic heterocycles. The fraction of sp³-hybridized carbons (Fsp3) is 0.200. The Morgan fingerprint density at radius 1 is 0.903 bits per heavy atom. The number of carbonyl (C=O) groups excluding carboxylic acids is 2. The van der Waals surface area contributed by atoms with Crippen LogP contribution in [0.4, 0.5) is 0 Å². The standard InChI is InChI=1S/C25H26N2O4/c1-30-21-12-13-22(25(26)29)23(16-21)31-18-24(28)27(17-20-10-6-3-7-11-20)15-14-19-8-4-2-5-9-19/h2-13,16H,14-15,17-18H2,1H3,(H2,26,29). The minimum Gasteiger partial charge on any atom is -0.497 e. The van der Waals surface area contributed by atoms with Crippen LogP contribution < -0.4 is 15.2 Å². The fourth-order valence-corrected chi connectivity index (χ4v) is 3.19. The van der Waals surface area contributed by atoms with Gasteiger partial charge < -0.3 is 20.1 Å². The highest BCUT2D eigenvalue weighted by molar-refractivity contribution is 5.96. The summed E-state index contributed by atoms with van der Waals surface area (Å²) in [7, 11) is 1.51. The Morgan fingerprint density at radius 2 is 1.55 bits per heavy atom. The van der Waals surface area contributed by atoms with Crippen LogP contribution in [0.1, 0.15) is 21.5 Å². The number of rotatable bonds is 10. The lowest BCUT2D eigenvalue weighted by Crippen LogP contribution is -2.36. The van der Waals surface area contributed by atoms with Gasteiger partial charge in [-0.05, 0) is 29.7 Å². The molecular weight excluding hydrogens is 392 g/mol. The topological polar surface area (TPSA) is 81.9 Å². The summed E-state index contributed by atoms with van der Waals surface area (Å²) in [6, 6.07) is 24.5. The minimum atomic E-state index is -0.629. The zero-order valence-electron chi connectivity index (χ0n) is 17.5. The van der Waals surface area contributed by atoms with E-state index in [-0.39, 0.29) is 23.8 Å². The molecular formula is C25H26N2O4. The van der Waals surface area contributed by atoms with Crippen molar-refractivity contribution < 1.29 is 19.1 Å². The predicted octanol–water partition coefficient (Wildman–Crippen LogP) is 3.44. The van der Waals surface area contributed by atoms with Gasteiger partial charge in [0.25, 0.3) is 11.8 Å². The molecule has 6 nitrogen and oxygen atoms in total. The van der Waals surface area contributed by atoms with Crippen LogP contribution in [0.5, 0.6) is 11.5 Å². The highest BCUT2D eigenvalue weighted by Crippen LogP contribution is 2.24. The number of methoxy groups -OCH3 is 1. The Labute approximate surface area is 182 Å². The third-order valence-electron chi connectivity index (χ3n) is 4.89. The quantitative estimate of drug-likeness (QED) is 0.547. The van der Waals surface area contributed by atoms with Gasteiger partial charge in [-0.2, -0.15) is 0 Å². The first-order valence-electron chi connectivity index (χ1n) is 10.0. The van der Waals surface area contributed by atoms with E-state index in [0.29, 0.717) is 18.8 Å². The van der Waals surface area contributed by atoms with Crippen molar-refractivity contribution in [3.05, 3.63) is 95.6 Å². The third kappa shape index (κ3) is 6.34. The molecule has 0 aliphatic rings. The van der Waals surface area contributed by atoms with Crippen molar-refractivity contribution in [1.29, 1.82) is 0 Å². The van der Waals surface area contributed by atoms with Crippen LogP contribution in [0.3, 0.4) is 0 Å². The van der Waals surface area contributed by atoms with Gasteiger partial charge in [0.2, 0.25) is 0 Å². The van der Waals surface area contributed by atoms with Crippen LogP contribution >= 0.6 is 0 Å². The van der Waals surface area contributed by atoms with Crippen molar-refractivity contribution in [1.82, 2.24) is 4.90 Å². The molecule has 3 aromatic rings. The smallest absolute Gasteiger partial charge is 0.260 e. The molecule has 0 atom stereocenters. The van der Waals surface area contributed by atoms with Crippen LogP contribution in [0.15, 0.2) is 78.9 Å². The first-order valence-corrected chi connectivity index (χ1v) is 10.0. The van der Waals surface area contributed by atoms with E-state index in [9.17, 15) is 9.59 Å². The van der Waals surface area contributed by atoms with Crippen LogP contribution in [0.2, 0.25) is 0 Å². The van der Waals surface area contributed by atoms with E-state index in [1.807, 2.05) is 60.7 Å². The summed E-state index contributed by atoms with van der Waals surface area (Å²) >= 11 is 0. The highest BCUT2D eigenvalue weighted by Gasteiger charge is 2.17. The van der Waals surface area contributed by atoms with Gasteiger partial charge in [0.15, 0.2) is 6.61 Å². The molecule has 3 rings (SSSR count). The number of carbonyl (C=O) groups is 2. The number of hydrogen-bond donors (Lipinski definition) is 1. The SMILES string of the molecule is COc1ccc(C(N)=O)c(OCC(=O)N(CCc2ccccc2)Cc2ccccc2)c1. The molecule has 0 unspecified atom stereocenters. The molecule has 0 saturated carbocycles. The highest BCUT2D eigenvalue weighted by atomic mass is 16.5. The molecule has 3 aromatic carbocycles. The van der Waals surface area contributed by atoms with Gasteiger partial charge in [-0.25, -0.2) is 0 Å². The molecule has 0 bridgehead atoms. The van der Waals surface area contributed by atoms with E-state index in [2.05, 4.69) is 0 Å². The molecule has 0 fully saturated rings. The number of hydrogen-bond acceptors (Lipinski definition) is 4. The average Bonchev–Trinajstić information content (AvgIpc) is 2.81. The Morgan fingerprint density at radius 3 is 2.16 bits per heavy atom. The summed E-state index contributed by atoms with van der Waals surface area (Å²) in [5.41, 5.74) is 7.81. The molecule has 0 heterocycles. The Bertz CT molecular complexity index is 1010. The van der Waals surface area contributed by atoms with Crippen LogP contribution in [-0.2, 0) is 17.8 Å². The maximum Gasteiger partial charge on any atom is 0.260 e. The minimum absolute atomic E-state index is 0.182. The lowest BCUT2D eigenvalue weighted by Gasteiger charge is -2.23. The van der Waals surface area contributed by atoms with Crippen molar-refractivity contribution in [3.8, 4) is 11.5 Å². The molecule has 0 aliphatic carbocycles. The van der Waals surface area contributed by atoms with Crippen molar-refractivity contribution in [2.75, 3.05) is 20.3 Å². The van der Waals surface area contributed by atoms with Crippen LogP contribution in [-0.4, -0.2) is 37.0 Å². The Kier molecular flexibility index (Phi) is 7.65. The summed E-state index contributed by atoms with van der Waals surface area (Å²) in [4.78, 5) is 26.5. The molecule has 31 heavy (non-hydrogen) atoms. The number of primary amides is 1. The van der Waals surface area contributed by atoms with Gasteiger partial charge in [-0.1, -0.05) is 60.7 Å². The summed E-state index contributed by atoms with van der Waals surface area (Å²) < 4.78 is 10.9. The van der Waals surface area contributed by atoms with E-state index in [0.717, 1.165) is 17.5 Å². The molecule has 0 saturated heterocycles. The summed E-state index contributed by atoms with van der Waals surface area (Å²) in [6.45, 7) is 0.799. The molecule has 0 radical (unpaired) electrons. The van der Waals surface area contributed by atoms with E-state index < -0.39 is 5.91 Å². The van der Waals surface area contributed by atoms with Gasteiger partial charge in [-0.15, -0.1) is 0 Å². The number of nitrogens with two attached hydrogens (primary N) is 1. The second-order valence-electron chi connectivity index (χ2n) is 7.05. The fourth-order valence-electron chi connectivity index (χ4n) is 3.19. The summed E-state index contributed by atoms with van der Waals surface area (Å²) in [6.07, 6.45) is 0.727. The zero-order valence-corrected chi connectivity index (χ0v) is 17.5. The van der Waals surface area contributed by atoms with Gasteiger partial charge in [0.05, 0.1) is 12.7 Å². The molecule has 6 heteroatoms. The predicted molar refractivity (Wildman–Crippen MR) is 119 cm³/mol. The van der Waals surface area contributed by atoms with E-state index >= 15 is 0 Å². The maximum atomic E-state index is 13.0. The third-order valence-corrected chi connectivity index (χ3v) is 4.89. The first-order chi connectivity index (χ1) is 15.1. The number of amides is 2. The van der Waals surface area contributed by atoms with Crippen LogP contribution in [0, 0.1) is 0 Å². The van der Waals surface area contributed by atoms with Gasteiger partial charge in [0, 0.05) is 19.2 Å². The molecule has 0 aromatic heterocycles. The molecule has 160 valence electrons. The normalized spacial score (nSPS) is 10.4. The van der Waals surface area contributed by atoms with Crippen molar-refractivity contribution >= 4 is 11.8 Å². The van der Waals surface area contributed by atoms with Crippen molar-refractivity contribution in [3.63, 3.8) is 0 Å². The van der Waals surface area contributed by atoms with E-state index in [4.69, 9.17) is 15.2 Å². The number of nitrogens with zero attached hydrogens (tertiary/aromatic N) is 1. The maximum absolute atomic E-state index is 13.0. The van der Waals surface area contributed by atoms with Gasteiger partial charge >= 0.3 is 0 Å². The van der Waals surface area contributed by atoms with E-state index in [1.54, 1.807) is 17.0 Å². The zero-order chi connectivity index (χ0) is 22.1. The first kappa shape index (κ1) is 21.9. The lowest BCUT2D eigenvalue weighted by atomic mass is 10.1. The second kappa shape index (κ2) is 10.8. The van der Waals surface area contributed by atoms with Crippen molar-refractivity contribution in [2.45, 2.75) is 13.0 Å². The van der Waals surface area contributed by atoms with Gasteiger partial charge in [0.1, 0.15) is 11.5 Å². The Hall–Kier alpha value is -3.80. The monoisotopic (exact) mass is 418 g/mol. The van der Waals surface area contributed by atoms with Gasteiger partial charge in [-0.3, -0.25) is 9.59 Å². The summed E-state index contributed by atoms with van der Waals surface area (Å²) in [5, 5.41) is 0. The molecule has 2 amide bonds.